The molecule has 0 bridgehead atoms. The standard InChI is InChI=1S/C26H21F3N2O5S/c1-17-23-5-3-2-4-21(23)14-30-24(17)31(37(34,35)22-12-10-20(11-13-22)25(32)33)15-18-6-8-19(9-7-18)16-36-26(27,28)29/h2-14H,15-16H2,1H3,(H,32,33). The Morgan fingerprint density at radius 2 is 1.59 bits per heavy atom. The molecular formula is C26H21F3N2O5S. The highest BCUT2D eigenvalue weighted by Crippen LogP contribution is 2.31. The lowest BCUT2D eigenvalue weighted by atomic mass is 10.1. The Morgan fingerprint density at radius 3 is 2.22 bits per heavy atom. The van der Waals surface area contributed by atoms with E-state index in [4.69, 9.17) is 5.11 Å². The summed E-state index contributed by atoms with van der Waals surface area (Å²) in [6.45, 7) is 0.904. The number of rotatable bonds is 8. The number of halogens is 3. The number of hydrogen-bond acceptors (Lipinski definition) is 5. The number of sulfonamides is 1. The molecule has 0 aliphatic carbocycles. The average Bonchev–Trinajstić information content (AvgIpc) is 2.87. The minimum atomic E-state index is -4.76. The molecule has 3 aromatic carbocycles. The number of carboxylic acids is 1. The van der Waals surface area contributed by atoms with E-state index in [1.165, 1.54) is 48.5 Å². The Morgan fingerprint density at radius 1 is 0.973 bits per heavy atom. The van der Waals surface area contributed by atoms with E-state index in [1.807, 2.05) is 24.3 Å². The average molecular weight is 531 g/mol. The molecule has 7 nitrogen and oxygen atoms in total. The third-order valence-electron chi connectivity index (χ3n) is 5.70. The first-order chi connectivity index (χ1) is 17.5. The van der Waals surface area contributed by atoms with Crippen LogP contribution in [0.2, 0.25) is 0 Å². The van der Waals surface area contributed by atoms with E-state index in [0.717, 1.165) is 15.1 Å². The van der Waals surface area contributed by atoms with E-state index in [2.05, 4.69) is 9.72 Å². The fraction of sp³-hybridized carbons (Fsp3) is 0.154. The van der Waals surface area contributed by atoms with Crippen molar-refractivity contribution >= 4 is 32.6 Å². The Bertz CT molecular complexity index is 1540. The lowest BCUT2D eigenvalue weighted by Gasteiger charge is -2.26. The van der Waals surface area contributed by atoms with Crippen molar-refractivity contribution in [3.8, 4) is 0 Å². The third kappa shape index (κ3) is 5.89. The molecule has 0 aliphatic rings. The number of fused-ring (bicyclic) bond motifs is 1. The fourth-order valence-electron chi connectivity index (χ4n) is 3.79. The van der Waals surface area contributed by atoms with Gasteiger partial charge < -0.3 is 5.11 Å². The van der Waals surface area contributed by atoms with Gasteiger partial charge in [0.1, 0.15) is 5.82 Å². The summed E-state index contributed by atoms with van der Waals surface area (Å²) in [4.78, 5) is 15.5. The van der Waals surface area contributed by atoms with Gasteiger partial charge >= 0.3 is 12.3 Å². The topological polar surface area (TPSA) is 96.8 Å². The summed E-state index contributed by atoms with van der Waals surface area (Å²) in [6, 6.07) is 18.1. The van der Waals surface area contributed by atoms with Gasteiger partial charge in [-0.25, -0.2) is 22.5 Å². The predicted octanol–water partition coefficient (Wildman–Crippen LogP) is 5.67. The molecule has 192 valence electrons. The summed E-state index contributed by atoms with van der Waals surface area (Å²) >= 11 is 0. The second kappa shape index (κ2) is 10.2. The van der Waals surface area contributed by atoms with Crippen LogP contribution >= 0.6 is 0 Å². The molecule has 0 spiro atoms. The van der Waals surface area contributed by atoms with Crippen LogP contribution in [0.1, 0.15) is 27.0 Å². The maximum atomic E-state index is 13.8. The molecule has 0 saturated carbocycles. The summed E-state index contributed by atoms with van der Waals surface area (Å²) in [5.74, 6) is -1.02. The van der Waals surface area contributed by atoms with E-state index in [1.54, 1.807) is 13.1 Å². The van der Waals surface area contributed by atoms with Gasteiger partial charge in [0, 0.05) is 17.1 Å². The molecule has 0 aliphatic heterocycles. The van der Waals surface area contributed by atoms with Gasteiger partial charge in [0.15, 0.2) is 0 Å². The SMILES string of the molecule is Cc1c(N(Cc2ccc(COC(F)(F)F)cc2)S(=O)(=O)c2ccc(C(=O)O)cc2)ncc2ccccc12. The molecule has 4 rings (SSSR count). The molecule has 0 atom stereocenters. The minimum Gasteiger partial charge on any atom is -0.478 e. The van der Waals surface area contributed by atoms with Crippen molar-refractivity contribution in [2.45, 2.75) is 31.3 Å². The third-order valence-corrected chi connectivity index (χ3v) is 7.45. The van der Waals surface area contributed by atoms with Gasteiger partial charge in [0.05, 0.1) is 23.6 Å². The molecule has 0 fully saturated rings. The van der Waals surface area contributed by atoms with Gasteiger partial charge in [-0.15, -0.1) is 13.2 Å². The molecule has 0 saturated heterocycles. The summed E-state index contributed by atoms with van der Waals surface area (Å²) in [6.07, 6.45) is -3.20. The van der Waals surface area contributed by atoms with Crippen LogP contribution in [0.3, 0.4) is 0 Å². The number of ether oxygens (including phenoxy) is 1. The highest BCUT2D eigenvalue weighted by Gasteiger charge is 2.30. The number of alkyl halides is 3. The van der Waals surface area contributed by atoms with E-state index < -0.39 is 29.0 Å². The summed E-state index contributed by atoms with van der Waals surface area (Å²) < 4.78 is 69.6. The number of pyridine rings is 1. The number of aromatic carboxylic acids is 1. The molecular weight excluding hydrogens is 509 g/mol. The quantitative estimate of drug-likeness (QED) is 0.315. The van der Waals surface area contributed by atoms with Crippen molar-refractivity contribution in [2.24, 2.45) is 0 Å². The van der Waals surface area contributed by atoms with Crippen LogP contribution in [0.25, 0.3) is 10.8 Å². The lowest BCUT2D eigenvalue weighted by Crippen LogP contribution is -2.32. The monoisotopic (exact) mass is 530 g/mol. The van der Waals surface area contributed by atoms with Crippen molar-refractivity contribution in [3.05, 3.63) is 101 Å². The van der Waals surface area contributed by atoms with Gasteiger partial charge in [-0.2, -0.15) is 0 Å². The molecule has 11 heteroatoms. The van der Waals surface area contributed by atoms with Crippen molar-refractivity contribution in [1.82, 2.24) is 4.98 Å². The highest BCUT2D eigenvalue weighted by molar-refractivity contribution is 7.92. The first kappa shape index (κ1) is 26.1. The van der Waals surface area contributed by atoms with Crippen LogP contribution < -0.4 is 4.31 Å². The Labute approximate surface area is 210 Å². The van der Waals surface area contributed by atoms with Crippen LogP contribution in [0.15, 0.2) is 83.9 Å². The Hall–Kier alpha value is -3.96. The molecule has 0 unspecified atom stereocenters. The van der Waals surface area contributed by atoms with Gasteiger partial charge in [-0.1, -0.05) is 48.5 Å². The minimum absolute atomic E-state index is 0.0674. The van der Waals surface area contributed by atoms with Gasteiger partial charge in [-0.3, -0.25) is 4.74 Å². The summed E-state index contributed by atoms with van der Waals surface area (Å²) in [5, 5.41) is 10.8. The second-order valence-electron chi connectivity index (χ2n) is 8.19. The highest BCUT2D eigenvalue weighted by atomic mass is 32.2. The first-order valence-corrected chi connectivity index (χ1v) is 12.4. The van der Waals surface area contributed by atoms with Crippen molar-refractivity contribution < 1.29 is 36.2 Å². The number of carboxylic acid groups (broad SMARTS) is 1. The van der Waals surface area contributed by atoms with Gasteiger partial charge in [0.25, 0.3) is 10.0 Å². The van der Waals surface area contributed by atoms with E-state index in [0.29, 0.717) is 11.1 Å². The number of carbonyl (C=O) groups is 1. The van der Waals surface area contributed by atoms with E-state index >= 15 is 0 Å². The van der Waals surface area contributed by atoms with Gasteiger partial charge in [0.2, 0.25) is 0 Å². The largest absolute Gasteiger partial charge is 0.522 e. The van der Waals surface area contributed by atoms with Crippen molar-refractivity contribution in [1.29, 1.82) is 0 Å². The van der Waals surface area contributed by atoms with E-state index in [-0.39, 0.29) is 28.4 Å². The zero-order valence-electron chi connectivity index (χ0n) is 19.4. The van der Waals surface area contributed by atoms with E-state index in [9.17, 15) is 26.4 Å². The molecule has 1 aromatic heterocycles. The fourth-order valence-corrected chi connectivity index (χ4v) is 5.26. The van der Waals surface area contributed by atoms with Crippen LogP contribution in [0.4, 0.5) is 19.0 Å². The van der Waals surface area contributed by atoms with Crippen molar-refractivity contribution in [3.63, 3.8) is 0 Å². The lowest BCUT2D eigenvalue weighted by molar-refractivity contribution is -0.330. The van der Waals surface area contributed by atoms with Crippen LogP contribution in [-0.4, -0.2) is 30.8 Å². The zero-order valence-corrected chi connectivity index (χ0v) is 20.3. The molecule has 1 N–H and O–H groups in total. The van der Waals surface area contributed by atoms with Crippen LogP contribution in [0, 0.1) is 6.92 Å². The first-order valence-electron chi connectivity index (χ1n) is 10.9. The Kier molecular flexibility index (Phi) is 7.19. The summed E-state index contributed by atoms with van der Waals surface area (Å²) in [7, 11) is -4.22. The normalized spacial score (nSPS) is 12.0. The molecule has 4 aromatic rings. The maximum Gasteiger partial charge on any atom is 0.522 e. The Balaban J connectivity index is 1.75. The molecule has 1 heterocycles. The number of aryl methyl sites for hydroxylation is 1. The second-order valence-corrected chi connectivity index (χ2v) is 10.0. The maximum absolute atomic E-state index is 13.8. The smallest absolute Gasteiger partial charge is 0.478 e. The van der Waals surface area contributed by atoms with Crippen LogP contribution in [-0.2, 0) is 27.9 Å². The zero-order chi connectivity index (χ0) is 26.8. The summed E-state index contributed by atoms with van der Waals surface area (Å²) in [5.41, 5.74) is 1.30. The number of anilines is 1. The van der Waals surface area contributed by atoms with Crippen LogP contribution in [0.5, 0.6) is 0 Å². The van der Waals surface area contributed by atoms with Crippen molar-refractivity contribution in [2.75, 3.05) is 4.31 Å². The number of hydrogen-bond donors (Lipinski definition) is 1. The number of benzene rings is 3. The number of aromatic nitrogens is 1. The molecule has 0 radical (unpaired) electrons. The molecule has 0 amide bonds. The molecule has 37 heavy (non-hydrogen) atoms. The number of nitrogens with zero attached hydrogens (tertiary/aromatic N) is 2. The predicted molar refractivity (Wildman–Crippen MR) is 131 cm³/mol. The van der Waals surface area contributed by atoms with Gasteiger partial charge in [-0.05, 0) is 47.7 Å².